The molecule has 0 saturated heterocycles. The van der Waals surface area contributed by atoms with Gasteiger partial charge in [0.05, 0.1) is 0 Å². The van der Waals surface area contributed by atoms with Crippen molar-refractivity contribution in [1.29, 1.82) is 0 Å². The standard InChI is InChI=1S/C6H7NO3.2C2H6/c8-5-3-1-2-4(7-5)6(9)10;2*1-2/h2H,1,3H2,(H,7,8)(H,9,10);2*1-2H3. The number of carbonyl (C=O) groups excluding carboxylic acids is 1. The molecule has 1 rings (SSSR count). The summed E-state index contributed by atoms with van der Waals surface area (Å²) in [4.78, 5) is 20.8. The third-order valence-electron chi connectivity index (χ3n) is 1.22. The van der Waals surface area contributed by atoms with Gasteiger partial charge in [-0.2, -0.15) is 0 Å². The molecule has 1 amide bonds. The van der Waals surface area contributed by atoms with Crippen LogP contribution in [0.1, 0.15) is 40.5 Å². The van der Waals surface area contributed by atoms with Crippen molar-refractivity contribution in [3.05, 3.63) is 11.8 Å². The Labute approximate surface area is 85.0 Å². The van der Waals surface area contributed by atoms with E-state index in [0.29, 0.717) is 12.8 Å². The van der Waals surface area contributed by atoms with Gasteiger partial charge in [-0.15, -0.1) is 0 Å². The van der Waals surface area contributed by atoms with E-state index < -0.39 is 5.97 Å². The number of carboxylic acid groups (broad SMARTS) is 1. The van der Waals surface area contributed by atoms with Crippen LogP contribution in [0.4, 0.5) is 0 Å². The lowest BCUT2D eigenvalue weighted by Crippen LogP contribution is -2.29. The number of rotatable bonds is 1. The van der Waals surface area contributed by atoms with Gasteiger partial charge in [-0.25, -0.2) is 4.79 Å². The molecule has 1 aliphatic rings. The minimum absolute atomic E-state index is 0.00347. The van der Waals surface area contributed by atoms with Crippen molar-refractivity contribution < 1.29 is 14.7 Å². The third-order valence-corrected chi connectivity index (χ3v) is 1.22. The number of aliphatic carboxylic acids is 1. The topological polar surface area (TPSA) is 66.4 Å². The summed E-state index contributed by atoms with van der Waals surface area (Å²) < 4.78 is 0. The van der Waals surface area contributed by atoms with Crippen LogP contribution in [-0.4, -0.2) is 17.0 Å². The Kier molecular flexibility index (Phi) is 10.6. The van der Waals surface area contributed by atoms with Gasteiger partial charge in [0.2, 0.25) is 5.91 Å². The Bertz CT molecular complexity index is 209. The van der Waals surface area contributed by atoms with E-state index in [1.54, 1.807) is 0 Å². The molecule has 4 heteroatoms. The molecule has 0 unspecified atom stereocenters. The van der Waals surface area contributed by atoms with Crippen molar-refractivity contribution in [2.75, 3.05) is 0 Å². The van der Waals surface area contributed by atoms with Gasteiger partial charge < -0.3 is 10.4 Å². The second kappa shape index (κ2) is 9.77. The number of allylic oxidation sites excluding steroid dienone is 1. The van der Waals surface area contributed by atoms with Crippen molar-refractivity contribution >= 4 is 11.9 Å². The second-order valence-electron chi connectivity index (χ2n) is 2.01. The first kappa shape index (κ1) is 15.2. The average Bonchev–Trinajstić information content (AvgIpc) is 2.24. The van der Waals surface area contributed by atoms with Gasteiger partial charge in [0.25, 0.3) is 0 Å². The summed E-state index contributed by atoms with van der Waals surface area (Å²) in [5.41, 5.74) is -0.00347. The number of carboxylic acids is 1. The van der Waals surface area contributed by atoms with Gasteiger partial charge in [0.15, 0.2) is 0 Å². The number of hydrogen-bond donors (Lipinski definition) is 2. The SMILES string of the molecule is CC.CC.O=C1CCC=C(C(=O)O)N1. The Morgan fingerprint density at radius 1 is 1.36 bits per heavy atom. The molecule has 4 nitrogen and oxygen atoms in total. The van der Waals surface area contributed by atoms with Gasteiger partial charge in [0, 0.05) is 6.42 Å². The van der Waals surface area contributed by atoms with Gasteiger partial charge >= 0.3 is 5.97 Å². The van der Waals surface area contributed by atoms with Crippen LogP contribution in [0.25, 0.3) is 0 Å². The maximum absolute atomic E-state index is 10.6. The van der Waals surface area contributed by atoms with Crippen LogP contribution in [0.2, 0.25) is 0 Å². The molecule has 0 aromatic rings. The highest BCUT2D eigenvalue weighted by Gasteiger charge is 2.14. The predicted octanol–water partition coefficient (Wildman–Crippen LogP) is 1.92. The molecule has 0 fully saturated rings. The molecular weight excluding hydrogens is 182 g/mol. The lowest BCUT2D eigenvalue weighted by atomic mass is 10.2. The zero-order valence-electron chi connectivity index (χ0n) is 9.26. The van der Waals surface area contributed by atoms with Crippen molar-refractivity contribution in [2.45, 2.75) is 40.5 Å². The third kappa shape index (κ3) is 6.22. The van der Waals surface area contributed by atoms with E-state index in [1.807, 2.05) is 27.7 Å². The van der Waals surface area contributed by atoms with Crippen molar-refractivity contribution in [1.82, 2.24) is 5.32 Å². The minimum atomic E-state index is -1.08. The first-order valence-corrected chi connectivity index (χ1v) is 4.93. The fourth-order valence-corrected chi connectivity index (χ4v) is 0.752. The Morgan fingerprint density at radius 3 is 2.14 bits per heavy atom. The first-order chi connectivity index (χ1) is 6.70. The fourth-order valence-electron chi connectivity index (χ4n) is 0.752. The predicted molar refractivity (Wildman–Crippen MR) is 55.8 cm³/mol. The van der Waals surface area contributed by atoms with Crippen LogP contribution in [-0.2, 0) is 9.59 Å². The molecule has 0 spiro atoms. The van der Waals surface area contributed by atoms with Crippen LogP contribution in [0.5, 0.6) is 0 Å². The molecule has 0 aromatic carbocycles. The molecule has 0 aliphatic carbocycles. The zero-order chi connectivity index (χ0) is 11.6. The highest BCUT2D eigenvalue weighted by Crippen LogP contribution is 2.03. The summed E-state index contributed by atoms with van der Waals surface area (Å²) in [6.07, 6.45) is 2.41. The van der Waals surface area contributed by atoms with Crippen LogP contribution in [0.15, 0.2) is 11.8 Å². The minimum Gasteiger partial charge on any atom is -0.477 e. The summed E-state index contributed by atoms with van der Waals surface area (Å²) in [7, 11) is 0. The van der Waals surface area contributed by atoms with Gasteiger partial charge in [-0.05, 0) is 6.42 Å². The summed E-state index contributed by atoms with van der Waals surface area (Å²) in [6, 6.07) is 0. The maximum atomic E-state index is 10.6. The highest BCUT2D eigenvalue weighted by molar-refractivity contribution is 5.93. The van der Waals surface area contributed by atoms with Crippen LogP contribution in [0, 0.1) is 0 Å². The van der Waals surface area contributed by atoms with Crippen molar-refractivity contribution in [2.24, 2.45) is 0 Å². The van der Waals surface area contributed by atoms with Gasteiger partial charge in [-0.3, -0.25) is 4.79 Å². The number of hydrogen-bond acceptors (Lipinski definition) is 2. The number of nitrogens with one attached hydrogen (secondary N) is 1. The molecular formula is C10H19NO3. The maximum Gasteiger partial charge on any atom is 0.352 e. The molecule has 0 aromatic heterocycles. The summed E-state index contributed by atoms with van der Waals surface area (Å²) in [5.74, 6) is -1.30. The van der Waals surface area contributed by atoms with Crippen LogP contribution < -0.4 is 5.32 Å². The van der Waals surface area contributed by atoms with E-state index in [0.717, 1.165) is 0 Å². The van der Waals surface area contributed by atoms with E-state index in [2.05, 4.69) is 5.32 Å². The molecule has 2 N–H and O–H groups in total. The van der Waals surface area contributed by atoms with E-state index in [-0.39, 0.29) is 11.6 Å². The van der Waals surface area contributed by atoms with Crippen molar-refractivity contribution in [3.63, 3.8) is 0 Å². The fraction of sp³-hybridized carbons (Fsp3) is 0.600. The Balaban J connectivity index is 0. The van der Waals surface area contributed by atoms with Crippen molar-refractivity contribution in [3.8, 4) is 0 Å². The number of carbonyl (C=O) groups is 2. The van der Waals surface area contributed by atoms with Crippen LogP contribution >= 0.6 is 0 Å². The molecule has 0 radical (unpaired) electrons. The Hall–Kier alpha value is -1.32. The number of amides is 1. The normalized spacial score (nSPS) is 13.4. The quantitative estimate of drug-likeness (QED) is 0.681. The molecule has 0 atom stereocenters. The van der Waals surface area contributed by atoms with E-state index >= 15 is 0 Å². The monoisotopic (exact) mass is 201 g/mol. The summed E-state index contributed by atoms with van der Waals surface area (Å²) in [5, 5.41) is 10.6. The molecule has 0 bridgehead atoms. The highest BCUT2D eigenvalue weighted by atomic mass is 16.4. The Morgan fingerprint density at radius 2 is 1.86 bits per heavy atom. The average molecular weight is 201 g/mol. The molecule has 82 valence electrons. The second-order valence-corrected chi connectivity index (χ2v) is 2.01. The van der Waals surface area contributed by atoms with Gasteiger partial charge in [0.1, 0.15) is 5.70 Å². The van der Waals surface area contributed by atoms with E-state index in [1.165, 1.54) is 6.08 Å². The summed E-state index contributed by atoms with van der Waals surface area (Å²) in [6.45, 7) is 8.00. The van der Waals surface area contributed by atoms with Gasteiger partial charge in [-0.1, -0.05) is 33.8 Å². The smallest absolute Gasteiger partial charge is 0.352 e. The zero-order valence-corrected chi connectivity index (χ0v) is 9.26. The first-order valence-electron chi connectivity index (χ1n) is 4.93. The van der Waals surface area contributed by atoms with E-state index in [4.69, 9.17) is 5.11 Å². The van der Waals surface area contributed by atoms with E-state index in [9.17, 15) is 9.59 Å². The molecule has 0 saturated carbocycles. The molecule has 1 aliphatic heterocycles. The summed E-state index contributed by atoms with van der Waals surface area (Å²) >= 11 is 0. The lowest BCUT2D eigenvalue weighted by Gasteiger charge is -2.09. The largest absolute Gasteiger partial charge is 0.477 e. The molecule has 14 heavy (non-hydrogen) atoms. The molecule has 1 heterocycles. The lowest BCUT2D eigenvalue weighted by molar-refractivity contribution is -0.135. The van der Waals surface area contributed by atoms with Crippen LogP contribution in [0.3, 0.4) is 0 Å².